The van der Waals surface area contributed by atoms with Crippen LogP contribution in [0.25, 0.3) is 0 Å². The van der Waals surface area contributed by atoms with Crippen molar-refractivity contribution in [1.82, 2.24) is 5.32 Å². The van der Waals surface area contributed by atoms with Gasteiger partial charge in [0.1, 0.15) is 0 Å². The van der Waals surface area contributed by atoms with Gasteiger partial charge >= 0.3 is 0 Å². The molecule has 1 amide bonds. The maximum Gasteiger partial charge on any atom is 0.230 e. The number of aryl methyl sites for hydroxylation is 1. The van der Waals surface area contributed by atoms with Crippen molar-refractivity contribution < 1.29 is 9.90 Å². The standard InChI is InChI=1S/C22H27NO2/c1-22(14-7-11-18-10-5-6-12-20(18)22)21(25)23-16-19(13-15-24)17-8-3-2-4-9-17/h2-6,8-10,12,19,24H,7,11,13-16H2,1H3,(H,23,25). The Balaban J connectivity index is 1.73. The fraction of sp³-hybridized carbons (Fsp3) is 0.409. The minimum absolute atomic E-state index is 0.0959. The van der Waals surface area contributed by atoms with Crippen LogP contribution < -0.4 is 5.32 Å². The third kappa shape index (κ3) is 3.77. The van der Waals surface area contributed by atoms with Crippen molar-refractivity contribution in [3.05, 3.63) is 71.3 Å². The lowest BCUT2D eigenvalue weighted by Crippen LogP contribution is -2.45. The highest BCUT2D eigenvalue weighted by Crippen LogP contribution is 2.37. The number of fused-ring (bicyclic) bond motifs is 1. The topological polar surface area (TPSA) is 49.3 Å². The van der Waals surface area contributed by atoms with Crippen molar-refractivity contribution >= 4 is 5.91 Å². The van der Waals surface area contributed by atoms with E-state index in [2.05, 4.69) is 42.6 Å². The van der Waals surface area contributed by atoms with Crippen molar-refractivity contribution in [3.63, 3.8) is 0 Å². The zero-order valence-corrected chi connectivity index (χ0v) is 14.9. The molecule has 132 valence electrons. The lowest BCUT2D eigenvalue weighted by Gasteiger charge is -2.35. The van der Waals surface area contributed by atoms with Gasteiger partial charge in [0.2, 0.25) is 5.91 Å². The number of nitrogens with one attached hydrogen (secondary N) is 1. The number of aliphatic hydroxyl groups excluding tert-OH is 1. The minimum Gasteiger partial charge on any atom is -0.396 e. The van der Waals surface area contributed by atoms with E-state index in [1.807, 2.05) is 24.3 Å². The van der Waals surface area contributed by atoms with Gasteiger partial charge in [-0.25, -0.2) is 0 Å². The van der Waals surface area contributed by atoms with Gasteiger partial charge in [-0.1, -0.05) is 54.6 Å². The predicted octanol–water partition coefficient (Wildman–Crippen LogP) is 3.56. The number of rotatable bonds is 6. The summed E-state index contributed by atoms with van der Waals surface area (Å²) in [5.74, 6) is 0.233. The third-order valence-corrected chi connectivity index (χ3v) is 5.49. The average molecular weight is 337 g/mol. The number of carbonyl (C=O) groups excluding carboxylic acids is 1. The summed E-state index contributed by atoms with van der Waals surface area (Å²) in [6.07, 6.45) is 3.62. The van der Waals surface area contributed by atoms with Crippen LogP contribution in [0.5, 0.6) is 0 Å². The van der Waals surface area contributed by atoms with Crippen LogP contribution in [-0.4, -0.2) is 24.2 Å². The summed E-state index contributed by atoms with van der Waals surface area (Å²) in [4.78, 5) is 13.0. The molecule has 0 saturated carbocycles. The fourth-order valence-corrected chi connectivity index (χ4v) is 3.96. The molecular formula is C22H27NO2. The summed E-state index contributed by atoms with van der Waals surface area (Å²) in [5.41, 5.74) is 3.15. The van der Waals surface area contributed by atoms with E-state index in [4.69, 9.17) is 0 Å². The maximum absolute atomic E-state index is 13.0. The van der Waals surface area contributed by atoms with Crippen LogP contribution in [0.4, 0.5) is 0 Å². The molecule has 2 aromatic carbocycles. The number of amides is 1. The first kappa shape index (κ1) is 17.7. The van der Waals surface area contributed by atoms with E-state index in [0.717, 1.165) is 30.4 Å². The van der Waals surface area contributed by atoms with Gasteiger partial charge in [0, 0.05) is 19.1 Å². The zero-order chi connectivity index (χ0) is 17.7. The van der Waals surface area contributed by atoms with Crippen molar-refractivity contribution in [2.45, 2.75) is 43.9 Å². The Bertz CT molecular complexity index is 713. The quantitative estimate of drug-likeness (QED) is 0.847. The van der Waals surface area contributed by atoms with Crippen molar-refractivity contribution in [2.24, 2.45) is 0 Å². The van der Waals surface area contributed by atoms with Gasteiger partial charge in [-0.05, 0) is 49.3 Å². The third-order valence-electron chi connectivity index (χ3n) is 5.49. The van der Waals surface area contributed by atoms with Crippen LogP contribution in [-0.2, 0) is 16.6 Å². The zero-order valence-electron chi connectivity index (χ0n) is 14.9. The largest absolute Gasteiger partial charge is 0.396 e. The van der Waals surface area contributed by atoms with Gasteiger partial charge in [0.25, 0.3) is 0 Å². The summed E-state index contributed by atoms with van der Waals surface area (Å²) in [6, 6.07) is 18.4. The molecule has 0 heterocycles. The molecule has 0 radical (unpaired) electrons. The number of aliphatic hydroxyl groups is 1. The molecule has 0 fully saturated rings. The smallest absolute Gasteiger partial charge is 0.230 e. The van der Waals surface area contributed by atoms with Gasteiger partial charge in [-0.3, -0.25) is 4.79 Å². The highest BCUT2D eigenvalue weighted by molar-refractivity contribution is 5.88. The molecule has 2 N–H and O–H groups in total. The maximum atomic E-state index is 13.0. The molecule has 2 unspecified atom stereocenters. The summed E-state index contributed by atoms with van der Waals surface area (Å²) in [6.45, 7) is 2.74. The second kappa shape index (κ2) is 7.83. The first-order valence-corrected chi connectivity index (χ1v) is 9.17. The molecule has 0 aliphatic heterocycles. The van der Waals surface area contributed by atoms with Crippen LogP contribution in [0.2, 0.25) is 0 Å². The molecule has 0 aromatic heterocycles. The molecule has 1 aliphatic rings. The monoisotopic (exact) mass is 337 g/mol. The molecule has 2 atom stereocenters. The molecule has 25 heavy (non-hydrogen) atoms. The minimum atomic E-state index is -0.463. The van der Waals surface area contributed by atoms with E-state index in [-0.39, 0.29) is 18.4 Å². The van der Waals surface area contributed by atoms with E-state index < -0.39 is 5.41 Å². The summed E-state index contributed by atoms with van der Waals surface area (Å²) >= 11 is 0. The van der Waals surface area contributed by atoms with E-state index in [1.54, 1.807) is 0 Å². The van der Waals surface area contributed by atoms with Crippen molar-refractivity contribution in [2.75, 3.05) is 13.2 Å². The number of carbonyl (C=O) groups is 1. The van der Waals surface area contributed by atoms with Gasteiger partial charge in [0.15, 0.2) is 0 Å². The first-order valence-electron chi connectivity index (χ1n) is 9.17. The highest BCUT2D eigenvalue weighted by atomic mass is 16.3. The number of hydrogen-bond donors (Lipinski definition) is 2. The molecule has 0 bridgehead atoms. The van der Waals surface area contributed by atoms with E-state index in [1.165, 1.54) is 5.56 Å². The lowest BCUT2D eigenvalue weighted by atomic mass is 9.70. The summed E-state index contributed by atoms with van der Waals surface area (Å²) < 4.78 is 0. The van der Waals surface area contributed by atoms with E-state index in [9.17, 15) is 9.90 Å². The van der Waals surface area contributed by atoms with Crippen LogP contribution >= 0.6 is 0 Å². The highest BCUT2D eigenvalue weighted by Gasteiger charge is 2.38. The molecule has 2 aromatic rings. The second-order valence-corrected chi connectivity index (χ2v) is 7.17. The number of hydrogen-bond acceptors (Lipinski definition) is 2. The Morgan fingerprint density at radius 3 is 2.64 bits per heavy atom. The van der Waals surface area contributed by atoms with Crippen molar-refractivity contribution in [3.8, 4) is 0 Å². The molecule has 3 nitrogen and oxygen atoms in total. The van der Waals surface area contributed by atoms with Gasteiger partial charge in [0.05, 0.1) is 5.41 Å². The van der Waals surface area contributed by atoms with Gasteiger partial charge < -0.3 is 10.4 Å². The molecule has 3 rings (SSSR count). The van der Waals surface area contributed by atoms with Crippen LogP contribution in [0, 0.1) is 0 Å². The van der Waals surface area contributed by atoms with E-state index in [0.29, 0.717) is 13.0 Å². The van der Waals surface area contributed by atoms with Crippen molar-refractivity contribution in [1.29, 1.82) is 0 Å². The Morgan fingerprint density at radius 2 is 1.88 bits per heavy atom. The molecule has 3 heteroatoms. The van der Waals surface area contributed by atoms with Crippen LogP contribution in [0.1, 0.15) is 48.8 Å². The second-order valence-electron chi connectivity index (χ2n) is 7.17. The first-order chi connectivity index (χ1) is 12.1. The summed E-state index contributed by atoms with van der Waals surface area (Å²) in [7, 11) is 0. The lowest BCUT2D eigenvalue weighted by molar-refractivity contribution is -0.126. The Hall–Kier alpha value is -2.13. The number of benzene rings is 2. The average Bonchev–Trinajstić information content (AvgIpc) is 2.66. The molecule has 1 aliphatic carbocycles. The normalized spacial score (nSPS) is 20.6. The Morgan fingerprint density at radius 1 is 1.16 bits per heavy atom. The predicted molar refractivity (Wildman–Crippen MR) is 101 cm³/mol. The molecular weight excluding hydrogens is 310 g/mol. The van der Waals surface area contributed by atoms with E-state index >= 15 is 0 Å². The van der Waals surface area contributed by atoms with Gasteiger partial charge in [-0.15, -0.1) is 0 Å². The SMILES string of the molecule is CC1(C(=O)NCC(CCO)c2ccccc2)CCCc2ccccc21. The molecule has 0 spiro atoms. The fourth-order valence-electron chi connectivity index (χ4n) is 3.96. The Labute approximate surface area is 150 Å². The molecule has 0 saturated heterocycles. The van der Waals surface area contributed by atoms with Gasteiger partial charge in [-0.2, -0.15) is 0 Å². The van der Waals surface area contributed by atoms with Crippen LogP contribution in [0.3, 0.4) is 0 Å². The Kier molecular flexibility index (Phi) is 5.54. The van der Waals surface area contributed by atoms with Crippen LogP contribution in [0.15, 0.2) is 54.6 Å². The summed E-state index contributed by atoms with van der Waals surface area (Å²) in [5, 5.41) is 12.5.